The van der Waals surface area contributed by atoms with E-state index in [2.05, 4.69) is 15.3 Å². The Morgan fingerprint density at radius 3 is 2.71 bits per heavy atom. The number of ether oxygens (including phenoxy) is 1. The summed E-state index contributed by atoms with van der Waals surface area (Å²) in [5, 5.41) is 4.67. The number of carbonyl (C=O) groups excluding carboxylic acids is 1. The monoisotopic (exact) mass is 370 g/mol. The topological polar surface area (TPSA) is 90.1 Å². The van der Waals surface area contributed by atoms with Crippen LogP contribution in [0.25, 0.3) is 10.8 Å². The molecule has 28 heavy (non-hydrogen) atoms. The molecule has 0 saturated heterocycles. The third kappa shape index (κ3) is 3.76. The van der Waals surface area contributed by atoms with E-state index in [1.807, 2.05) is 55.5 Å². The summed E-state index contributed by atoms with van der Waals surface area (Å²) in [5.74, 6) is 0.948. The summed E-state index contributed by atoms with van der Waals surface area (Å²) >= 11 is 0. The van der Waals surface area contributed by atoms with Crippen LogP contribution in [0, 0.1) is 6.92 Å². The molecule has 0 aliphatic rings. The molecule has 0 unspecified atom stereocenters. The molecular weight excluding hydrogens is 352 g/mol. The summed E-state index contributed by atoms with van der Waals surface area (Å²) in [6, 6.07) is 20.4. The maximum atomic E-state index is 12.8. The van der Waals surface area contributed by atoms with Gasteiger partial charge in [0.1, 0.15) is 5.75 Å². The van der Waals surface area contributed by atoms with Crippen molar-refractivity contribution < 1.29 is 9.53 Å². The Labute approximate surface area is 162 Å². The summed E-state index contributed by atoms with van der Waals surface area (Å²) in [6.45, 7) is 1.99. The second kappa shape index (κ2) is 7.36. The minimum atomic E-state index is -0.159. The number of fused-ring (bicyclic) bond motifs is 1. The van der Waals surface area contributed by atoms with Crippen LogP contribution < -0.4 is 15.8 Å². The van der Waals surface area contributed by atoms with E-state index < -0.39 is 0 Å². The van der Waals surface area contributed by atoms with E-state index in [-0.39, 0.29) is 11.9 Å². The van der Waals surface area contributed by atoms with E-state index in [0.29, 0.717) is 17.2 Å². The smallest absolute Gasteiger partial charge is 0.256 e. The van der Waals surface area contributed by atoms with Crippen molar-refractivity contribution in [2.24, 2.45) is 0 Å². The van der Waals surface area contributed by atoms with Crippen LogP contribution in [0.3, 0.4) is 0 Å². The molecule has 4 rings (SSSR count). The van der Waals surface area contributed by atoms with Crippen molar-refractivity contribution in [3.05, 3.63) is 84.1 Å². The zero-order valence-corrected chi connectivity index (χ0v) is 15.2. The lowest BCUT2D eigenvalue weighted by molar-refractivity contribution is 0.102. The van der Waals surface area contributed by atoms with Gasteiger partial charge in [-0.25, -0.2) is 4.98 Å². The van der Waals surface area contributed by atoms with Gasteiger partial charge < -0.3 is 15.8 Å². The minimum absolute atomic E-state index is 0.147. The molecule has 0 fully saturated rings. The fraction of sp³-hybridized carbons (Fsp3) is 0.0455. The molecule has 4 aromatic rings. The van der Waals surface area contributed by atoms with Gasteiger partial charge in [-0.05, 0) is 59.7 Å². The number of aryl methyl sites for hydroxylation is 1. The van der Waals surface area contributed by atoms with Gasteiger partial charge in [-0.3, -0.25) is 4.79 Å². The Morgan fingerprint density at radius 1 is 1.04 bits per heavy atom. The van der Waals surface area contributed by atoms with Gasteiger partial charge in [-0.2, -0.15) is 4.98 Å². The number of aromatic nitrogens is 2. The summed E-state index contributed by atoms with van der Waals surface area (Å²) < 4.78 is 5.74. The first-order chi connectivity index (χ1) is 13.6. The summed E-state index contributed by atoms with van der Waals surface area (Å²) in [4.78, 5) is 20.7. The fourth-order valence-electron chi connectivity index (χ4n) is 2.98. The van der Waals surface area contributed by atoms with Crippen LogP contribution in [0.5, 0.6) is 11.6 Å². The van der Waals surface area contributed by atoms with Gasteiger partial charge >= 0.3 is 0 Å². The van der Waals surface area contributed by atoms with E-state index in [1.165, 1.54) is 6.20 Å². The van der Waals surface area contributed by atoms with E-state index in [4.69, 9.17) is 10.5 Å². The van der Waals surface area contributed by atoms with Gasteiger partial charge in [0.25, 0.3) is 5.91 Å². The molecule has 0 spiro atoms. The predicted molar refractivity (Wildman–Crippen MR) is 110 cm³/mol. The first-order valence-corrected chi connectivity index (χ1v) is 8.76. The van der Waals surface area contributed by atoms with Crippen molar-refractivity contribution >= 4 is 28.3 Å². The first-order valence-electron chi connectivity index (χ1n) is 8.76. The number of benzene rings is 3. The third-order valence-corrected chi connectivity index (χ3v) is 4.24. The Morgan fingerprint density at radius 2 is 1.89 bits per heavy atom. The molecular formula is C22H18N4O2. The van der Waals surface area contributed by atoms with Crippen molar-refractivity contribution in [3.8, 4) is 11.6 Å². The Hall–Kier alpha value is -3.93. The molecule has 0 atom stereocenters. The molecule has 1 amide bonds. The third-order valence-electron chi connectivity index (χ3n) is 4.24. The maximum absolute atomic E-state index is 12.8. The molecule has 0 aliphatic carbocycles. The lowest BCUT2D eigenvalue weighted by atomic mass is 10.0. The Balaban J connectivity index is 1.62. The number of nitrogens with two attached hydrogens (primary N) is 1. The van der Waals surface area contributed by atoms with Gasteiger partial charge in [-0.1, -0.05) is 24.3 Å². The second-order valence-electron chi connectivity index (χ2n) is 6.37. The van der Waals surface area contributed by atoms with Crippen LogP contribution in [-0.4, -0.2) is 15.9 Å². The van der Waals surface area contributed by atoms with Gasteiger partial charge in [-0.15, -0.1) is 0 Å². The van der Waals surface area contributed by atoms with Crippen molar-refractivity contribution in [2.45, 2.75) is 6.92 Å². The summed E-state index contributed by atoms with van der Waals surface area (Å²) in [7, 11) is 0. The highest BCUT2D eigenvalue weighted by atomic mass is 16.5. The number of nitrogens with one attached hydrogen (secondary N) is 1. The van der Waals surface area contributed by atoms with Crippen LogP contribution in [0.2, 0.25) is 0 Å². The number of nitrogen functional groups attached to an aromatic ring is 1. The molecule has 0 bridgehead atoms. The van der Waals surface area contributed by atoms with Crippen LogP contribution in [0.4, 0.5) is 11.6 Å². The van der Waals surface area contributed by atoms with E-state index in [0.717, 1.165) is 22.0 Å². The zero-order valence-electron chi connectivity index (χ0n) is 15.2. The van der Waals surface area contributed by atoms with Crippen molar-refractivity contribution in [2.75, 3.05) is 11.1 Å². The predicted octanol–water partition coefficient (Wildman–Crippen LogP) is 4.57. The molecule has 6 nitrogen and oxygen atoms in total. The average molecular weight is 370 g/mol. The fourth-order valence-corrected chi connectivity index (χ4v) is 2.98. The zero-order chi connectivity index (χ0) is 19.5. The molecule has 3 N–H and O–H groups in total. The molecule has 1 heterocycles. The minimum Gasteiger partial charge on any atom is -0.439 e. The number of rotatable bonds is 4. The van der Waals surface area contributed by atoms with Crippen molar-refractivity contribution in [1.82, 2.24) is 9.97 Å². The largest absolute Gasteiger partial charge is 0.439 e. The molecule has 0 radical (unpaired) electrons. The highest BCUT2D eigenvalue weighted by molar-refractivity contribution is 6.13. The standard InChI is InChI=1S/C22H18N4O2/c1-14-4-2-6-16(12-14)25-21(27)19-7-3-5-15-13-17(8-9-18(15)19)28-20-10-11-24-22(23)26-20/h2-13H,1H3,(H,25,27)(H2,23,24,26). The molecule has 0 aliphatic heterocycles. The van der Waals surface area contributed by atoms with Crippen molar-refractivity contribution in [1.29, 1.82) is 0 Å². The number of hydrogen-bond donors (Lipinski definition) is 2. The molecule has 0 saturated carbocycles. The highest BCUT2D eigenvalue weighted by Gasteiger charge is 2.11. The normalized spacial score (nSPS) is 10.6. The van der Waals surface area contributed by atoms with Gasteiger partial charge in [0, 0.05) is 23.5 Å². The maximum Gasteiger partial charge on any atom is 0.256 e. The second-order valence-corrected chi connectivity index (χ2v) is 6.37. The summed E-state index contributed by atoms with van der Waals surface area (Å²) in [6.07, 6.45) is 1.53. The summed E-state index contributed by atoms with van der Waals surface area (Å²) in [5.41, 5.74) is 8.03. The van der Waals surface area contributed by atoms with Gasteiger partial charge in [0.15, 0.2) is 0 Å². The highest BCUT2D eigenvalue weighted by Crippen LogP contribution is 2.27. The number of carbonyl (C=O) groups is 1. The molecule has 1 aromatic heterocycles. The molecule has 3 aromatic carbocycles. The Bertz CT molecular complexity index is 1170. The molecule has 138 valence electrons. The van der Waals surface area contributed by atoms with E-state index in [1.54, 1.807) is 18.2 Å². The Kier molecular flexibility index (Phi) is 4.60. The van der Waals surface area contributed by atoms with E-state index >= 15 is 0 Å². The molecule has 6 heteroatoms. The SMILES string of the molecule is Cc1cccc(NC(=O)c2cccc3cc(Oc4ccnc(N)n4)ccc23)c1. The number of anilines is 2. The number of amides is 1. The average Bonchev–Trinajstić information content (AvgIpc) is 2.67. The quantitative estimate of drug-likeness (QED) is 0.549. The van der Waals surface area contributed by atoms with Crippen molar-refractivity contribution in [3.63, 3.8) is 0 Å². The lowest BCUT2D eigenvalue weighted by Crippen LogP contribution is -2.12. The van der Waals surface area contributed by atoms with Crippen LogP contribution in [0.15, 0.2) is 72.9 Å². The van der Waals surface area contributed by atoms with Crippen LogP contribution in [-0.2, 0) is 0 Å². The number of hydrogen-bond acceptors (Lipinski definition) is 5. The van der Waals surface area contributed by atoms with Gasteiger partial charge in [0.05, 0.1) is 0 Å². The number of nitrogens with zero attached hydrogens (tertiary/aromatic N) is 2. The van der Waals surface area contributed by atoms with E-state index in [9.17, 15) is 4.79 Å². The van der Waals surface area contributed by atoms with Crippen LogP contribution >= 0.6 is 0 Å². The van der Waals surface area contributed by atoms with Crippen LogP contribution in [0.1, 0.15) is 15.9 Å². The lowest BCUT2D eigenvalue weighted by Gasteiger charge is -2.10. The first kappa shape index (κ1) is 17.5. The van der Waals surface area contributed by atoms with Gasteiger partial charge in [0.2, 0.25) is 11.8 Å².